The van der Waals surface area contributed by atoms with Crippen molar-refractivity contribution in [3.63, 3.8) is 0 Å². The van der Waals surface area contributed by atoms with Gasteiger partial charge in [-0.25, -0.2) is 0 Å². The molecule has 0 aromatic carbocycles. The first-order valence-corrected chi connectivity index (χ1v) is 7.36. The Labute approximate surface area is 102 Å². The molecule has 2 bridgehead atoms. The molecule has 0 aromatic heterocycles. The van der Waals surface area contributed by atoms with Crippen molar-refractivity contribution in [2.75, 3.05) is 0 Å². The van der Waals surface area contributed by atoms with Gasteiger partial charge < -0.3 is 0 Å². The minimum absolute atomic E-state index is 0.502. The predicted molar refractivity (Wildman–Crippen MR) is 66.3 cm³/mol. The van der Waals surface area contributed by atoms with Gasteiger partial charge in [0.1, 0.15) is 0 Å². The van der Waals surface area contributed by atoms with E-state index in [0.29, 0.717) is 16.2 Å². The van der Waals surface area contributed by atoms with Gasteiger partial charge in [0.15, 0.2) is 0 Å². The Morgan fingerprint density at radius 2 is 1.67 bits per heavy atom. The van der Waals surface area contributed by atoms with Crippen molar-refractivity contribution in [2.24, 2.45) is 22.2 Å². The van der Waals surface area contributed by atoms with Gasteiger partial charge in [0.05, 0.1) is 0 Å². The monoisotopic (exact) mass is 270 g/mol. The molecule has 0 aliphatic heterocycles. The van der Waals surface area contributed by atoms with Crippen LogP contribution in [-0.4, -0.2) is 20.0 Å². The SMILES string of the molecule is CC12CCC(C3(CCCC3)C1=[Se])C2(C)C. The van der Waals surface area contributed by atoms with Crippen molar-refractivity contribution in [2.45, 2.75) is 59.3 Å². The van der Waals surface area contributed by atoms with Gasteiger partial charge in [-0.3, -0.25) is 0 Å². The van der Waals surface area contributed by atoms with E-state index in [1.165, 1.54) is 38.5 Å². The van der Waals surface area contributed by atoms with E-state index in [9.17, 15) is 0 Å². The maximum absolute atomic E-state index is 3.52. The fourth-order valence-electron chi connectivity index (χ4n) is 5.16. The second-order valence-electron chi connectivity index (χ2n) is 6.84. The van der Waals surface area contributed by atoms with E-state index in [2.05, 4.69) is 36.3 Å². The molecule has 0 heterocycles. The zero-order valence-electron chi connectivity index (χ0n) is 10.2. The summed E-state index contributed by atoms with van der Waals surface area (Å²) in [5, 5.41) is 0. The molecule has 2 unspecified atom stereocenters. The summed E-state index contributed by atoms with van der Waals surface area (Å²) in [7, 11) is 0. The van der Waals surface area contributed by atoms with Crippen molar-refractivity contribution in [1.82, 2.24) is 0 Å². The van der Waals surface area contributed by atoms with Crippen molar-refractivity contribution < 1.29 is 0 Å². The van der Waals surface area contributed by atoms with E-state index in [4.69, 9.17) is 0 Å². The van der Waals surface area contributed by atoms with Crippen molar-refractivity contribution in [3.05, 3.63) is 0 Å². The fraction of sp³-hybridized carbons (Fsp3) is 0.929. The van der Waals surface area contributed by atoms with Crippen molar-refractivity contribution in [3.8, 4) is 0 Å². The molecule has 0 N–H and O–H groups in total. The molecule has 3 rings (SSSR count). The topological polar surface area (TPSA) is 0 Å². The summed E-state index contributed by atoms with van der Waals surface area (Å²) in [5.74, 6) is 0.966. The average molecular weight is 269 g/mol. The molecule has 3 aliphatic carbocycles. The normalized spacial score (nSPS) is 45.5. The van der Waals surface area contributed by atoms with Gasteiger partial charge >= 0.3 is 101 Å². The molecular formula is C14H22Se. The molecule has 1 spiro atoms. The first-order valence-electron chi connectivity index (χ1n) is 6.50. The Morgan fingerprint density at radius 1 is 1.07 bits per heavy atom. The van der Waals surface area contributed by atoms with Gasteiger partial charge in [0.25, 0.3) is 0 Å². The molecule has 0 nitrogen and oxygen atoms in total. The summed E-state index contributed by atoms with van der Waals surface area (Å²) in [6.45, 7) is 7.57. The van der Waals surface area contributed by atoms with Crippen LogP contribution in [0.15, 0.2) is 0 Å². The van der Waals surface area contributed by atoms with Crippen LogP contribution in [0.5, 0.6) is 0 Å². The summed E-state index contributed by atoms with van der Waals surface area (Å²) >= 11 is 3.52. The van der Waals surface area contributed by atoms with E-state index in [0.717, 1.165) is 5.92 Å². The van der Waals surface area contributed by atoms with Gasteiger partial charge in [-0.15, -0.1) is 0 Å². The zero-order chi connectivity index (χ0) is 10.9. The second-order valence-corrected chi connectivity index (χ2v) is 7.69. The van der Waals surface area contributed by atoms with Gasteiger partial charge in [0, 0.05) is 0 Å². The van der Waals surface area contributed by atoms with Crippen LogP contribution in [0, 0.1) is 22.2 Å². The van der Waals surface area contributed by atoms with E-state index in [1.807, 2.05) is 0 Å². The van der Waals surface area contributed by atoms with Crippen LogP contribution < -0.4 is 0 Å². The van der Waals surface area contributed by atoms with Gasteiger partial charge in [0.2, 0.25) is 0 Å². The quantitative estimate of drug-likeness (QED) is 0.592. The fourth-order valence-corrected chi connectivity index (χ4v) is 6.66. The van der Waals surface area contributed by atoms with Crippen LogP contribution >= 0.6 is 0 Å². The third-order valence-electron chi connectivity index (χ3n) is 6.34. The molecular weight excluding hydrogens is 247 g/mol. The molecule has 84 valence electrons. The molecule has 0 aromatic rings. The molecule has 3 aliphatic rings. The van der Waals surface area contributed by atoms with Crippen LogP contribution in [0.25, 0.3) is 0 Å². The standard InChI is InChI=1S/C14H22Se/c1-12(2)10-6-9-13(12,3)11(15)14(10)7-4-5-8-14/h10H,4-9H2,1-3H3. The van der Waals surface area contributed by atoms with Crippen LogP contribution in [0.4, 0.5) is 0 Å². The molecule has 3 saturated carbocycles. The van der Waals surface area contributed by atoms with Gasteiger partial charge in [-0.05, 0) is 0 Å². The summed E-state index contributed by atoms with van der Waals surface area (Å²) in [6.07, 6.45) is 8.78. The van der Waals surface area contributed by atoms with Crippen molar-refractivity contribution in [1.29, 1.82) is 0 Å². The Balaban J connectivity index is 2.14. The summed E-state index contributed by atoms with van der Waals surface area (Å²) in [5.41, 5.74) is 1.66. The van der Waals surface area contributed by atoms with E-state index in [-0.39, 0.29) is 0 Å². The number of fused-ring (bicyclic) bond motifs is 3. The second kappa shape index (κ2) is 2.79. The Morgan fingerprint density at radius 3 is 2.13 bits per heavy atom. The predicted octanol–water partition coefficient (Wildman–Crippen LogP) is 3.34. The van der Waals surface area contributed by atoms with Crippen LogP contribution in [0.1, 0.15) is 59.3 Å². The summed E-state index contributed by atoms with van der Waals surface area (Å²) in [4.78, 5) is 0. The van der Waals surface area contributed by atoms with Crippen LogP contribution in [-0.2, 0) is 0 Å². The Bertz CT molecular complexity index is 322. The van der Waals surface area contributed by atoms with E-state index in [1.54, 1.807) is 4.42 Å². The van der Waals surface area contributed by atoms with E-state index >= 15 is 0 Å². The minimum atomic E-state index is 0.502. The average Bonchev–Trinajstić information content (AvgIpc) is 2.74. The number of rotatable bonds is 0. The van der Waals surface area contributed by atoms with Crippen LogP contribution in [0.3, 0.4) is 0 Å². The number of hydrogen-bond acceptors (Lipinski definition) is 0. The van der Waals surface area contributed by atoms with Gasteiger partial charge in [-0.2, -0.15) is 0 Å². The molecule has 0 saturated heterocycles. The number of hydrogen-bond donors (Lipinski definition) is 0. The summed E-state index contributed by atoms with van der Waals surface area (Å²) in [6, 6.07) is 0. The first kappa shape index (κ1) is 10.5. The zero-order valence-corrected chi connectivity index (χ0v) is 11.9. The third-order valence-corrected chi connectivity index (χ3v) is 8.14. The molecule has 2 atom stereocenters. The van der Waals surface area contributed by atoms with Crippen molar-refractivity contribution >= 4 is 20.0 Å². The Kier molecular flexibility index (Phi) is 1.96. The van der Waals surface area contributed by atoms with Crippen LogP contribution in [0.2, 0.25) is 0 Å². The van der Waals surface area contributed by atoms with E-state index < -0.39 is 0 Å². The summed E-state index contributed by atoms with van der Waals surface area (Å²) < 4.78 is 1.76. The Hall–Kier alpha value is 0.389. The molecule has 15 heavy (non-hydrogen) atoms. The molecule has 0 radical (unpaired) electrons. The molecule has 3 fully saturated rings. The molecule has 0 amide bonds. The van der Waals surface area contributed by atoms with Gasteiger partial charge in [-0.1, -0.05) is 0 Å². The third kappa shape index (κ3) is 0.943. The maximum atomic E-state index is 3.52. The molecule has 1 heteroatoms. The first-order chi connectivity index (χ1) is 6.95.